The summed E-state index contributed by atoms with van der Waals surface area (Å²) in [6.07, 6.45) is 1.82. The maximum atomic E-state index is 12.6. The molecule has 3 unspecified atom stereocenters. The fourth-order valence-electron chi connectivity index (χ4n) is 3.13. The number of aliphatic carboxylic acids is 1. The number of carbonyl (C=O) groups is 2. The Kier molecular flexibility index (Phi) is 4.99. The molecule has 6 heteroatoms. The van der Waals surface area contributed by atoms with Gasteiger partial charge in [0.05, 0.1) is 12.0 Å². The summed E-state index contributed by atoms with van der Waals surface area (Å²) in [5, 5.41) is 12.4. The van der Waals surface area contributed by atoms with Gasteiger partial charge in [0.15, 0.2) is 0 Å². The van der Waals surface area contributed by atoms with E-state index in [1.54, 1.807) is 6.92 Å². The van der Waals surface area contributed by atoms with E-state index in [0.29, 0.717) is 0 Å². The number of nitrogens with one attached hydrogen (secondary N) is 1. The van der Waals surface area contributed by atoms with Crippen LogP contribution in [0.1, 0.15) is 26.7 Å². The van der Waals surface area contributed by atoms with Crippen LogP contribution < -0.4 is 5.32 Å². The largest absolute Gasteiger partial charge is 0.481 e. The lowest BCUT2D eigenvalue weighted by Crippen LogP contribution is -2.54. The van der Waals surface area contributed by atoms with Crippen molar-refractivity contribution >= 4 is 11.9 Å². The number of carboxylic acids is 1. The fraction of sp³-hybridized carbons (Fsp3) is 0.857. The molecule has 20 heavy (non-hydrogen) atoms. The van der Waals surface area contributed by atoms with Gasteiger partial charge in [-0.15, -0.1) is 0 Å². The third-order valence-corrected chi connectivity index (χ3v) is 4.64. The summed E-state index contributed by atoms with van der Waals surface area (Å²) in [4.78, 5) is 27.8. The summed E-state index contributed by atoms with van der Waals surface area (Å²) >= 11 is 0. The van der Waals surface area contributed by atoms with Crippen molar-refractivity contribution in [2.24, 2.45) is 5.92 Å². The zero-order valence-corrected chi connectivity index (χ0v) is 12.3. The molecule has 6 nitrogen and oxygen atoms in total. The lowest BCUT2D eigenvalue weighted by molar-refractivity contribution is -0.146. The second kappa shape index (κ2) is 6.54. The molecule has 2 rings (SSSR count). The first kappa shape index (κ1) is 15.3. The molecule has 0 aromatic carbocycles. The van der Waals surface area contributed by atoms with Gasteiger partial charge in [-0.05, 0) is 26.3 Å². The number of carboxylic acid groups (broad SMARTS) is 1. The molecule has 0 aromatic rings. The van der Waals surface area contributed by atoms with Gasteiger partial charge in [0.1, 0.15) is 0 Å². The standard InChI is InChI=1S/C14H25N3O3/c1-10(14(19)20)11(2)17-7-3-4-12(17)13(18)16-8-5-15-6-9-16/h10-12,15H,3-9H2,1-2H3,(H,19,20). The maximum Gasteiger partial charge on any atom is 0.307 e. The van der Waals surface area contributed by atoms with Crippen molar-refractivity contribution in [3.63, 3.8) is 0 Å². The Morgan fingerprint density at radius 3 is 2.45 bits per heavy atom. The zero-order chi connectivity index (χ0) is 14.7. The molecular weight excluding hydrogens is 258 g/mol. The van der Waals surface area contributed by atoms with Crippen LogP contribution in [0.2, 0.25) is 0 Å². The monoisotopic (exact) mass is 283 g/mol. The molecule has 2 aliphatic rings. The minimum atomic E-state index is -0.794. The van der Waals surface area contributed by atoms with Crippen molar-refractivity contribution in [2.75, 3.05) is 32.7 Å². The average Bonchev–Trinajstić information content (AvgIpc) is 2.95. The molecule has 0 saturated carbocycles. The second-order valence-corrected chi connectivity index (χ2v) is 5.84. The van der Waals surface area contributed by atoms with Crippen LogP contribution >= 0.6 is 0 Å². The smallest absolute Gasteiger partial charge is 0.307 e. The number of rotatable bonds is 4. The van der Waals surface area contributed by atoms with Gasteiger partial charge in [-0.1, -0.05) is 6.92 Å². The van der Waals surface area contributed by atoms with E-state index in [1.165, 1.54) is 0 Å². The maximum absolute atomic E-state index is 12.6. The average molecular weight is 283 g/mol. The molecule has 0 radical (unpaired) electrons. The van der Waals surface area contributed by atoms with Crippen molar-refractivity contribution < 1.29 is 14.7 Å². The highest BCUT2D eigenvalue weighted by molar-refractivity contribution is 5.82. The normalized spacial score (nSPS) is 27.3. The summed E-state index contributed by atoms with van der Waals surface area (Å²) in [6.45, 7) is 7.66. The van der Waals surface area contributed by atoms with Crippen LogP contribution in [0.3, 0.4) is 0 Å². The number of likely N-dealkylation sites (tertiary alicyclic amines) is 1. The van der Waals surface area contributed by atoms with Crippen molar-refractivity contribution in [2.45, 2.75) is 38.8 Å². The van der Waals surface area contributed by atoms with Gasteiger partial charge in [-0.25, -0.2) is 0 Å². The minimum absolute atomic E-state index is 0.105. The third-order valence-electron chi connectivity index (χ3n) is 4.64. The third kappa shape index (κ3) is 3.12. The quantitative estimate of drug-likeness (QED) is 0.759. The van der Waals surface area contributed by atoms with E-state index in [9.17, 15) is 9.59 Å². The number of carbonyl (C=O) groups excluding carboxylic acids is 1. The molecular formula is C14H25N3O3. The molecule has 2 saturated heterocycles. The van der Waals surface area contributed by atoms with Crippen LogP contribution in [0.25, 0.3) is 0 Å². The number of nitrogens with zero attached hydrogens (tertiary/aromatic N) is 2. The Morgan fingerprint density at radius 1 is 1.20 bits per heavy atom. The Balaban J connectivity index is 2.02. The molecule has 2 fully saturated rings. The van der Waals surface area contributed by atoms with Crippen LogP contribution in [0.4, 0.5) is 0 Å². The second-order valence-electron chi connectivity index (χ2n) is 5.84. The van der Waals surface area contributed by atoms with Crippen LogP contribution in [-0.2, 0) is 9.59 Å². The highest BCUT2D eigenvalue weighted by Gasteiger charge is 2.39. The van der Waals surface area contributed by atoms with Gasteiger partial charge in [0.25, 0.3) is 0 Å². The lowest BCUT2D eigenvalue weighted by Gasteiger charge is -2.36. The van der Waals surface area contributed by atoms with E-state index in [0.717, 1.165) is 45.6 Å². The van der Waals surface area contributed by atoms with Gasteiger partial charge in [0, 0.05) is 32.2 Å². The summed E-state index contributed by atoms with van der Waals surface area (Å²) in [5.41, 5.74) is 0. The van der Waals surface area contributed by atoms with Gasteiger partial charge in [0.2, 0.25) is 5.91 Å². The molecule has 0 bridgehead atoms. The van der Waals surface area contributed by atoms with Crippen molar-refractivity contribution in [1.82, 2.24) is 15.1 Å². The molecule has 2 N–H and O–H groups in total. The van der Waals surface area contributed by atoms with Crippen LogP contribution in [-0.4, -0.2) is 71.6 Å². The summed E-state index contributed by atoms with van der Waals surface area (Å²) in [7, 11) is 0. The highest BCUT2D eigenvalue weighted by Crippen LogP contribution is 2.25. The van der Waals surface area contributed by atoms with Crippen molar-refractivity contribution in [1.29, 1.82) is 0 Å². The van der Waals surface area contributed by atoms with Gasteiger partial charge < -0.3 is 15.3 Å². The summed E-state index contributed by atoms with van der Waals surface area (Å²) in [6, 6.07) is -0.239. The molecule has 0 spiro atoms. The summed E-state index contributed by atoms with van der Waals surface area (Å²) in [5.74, 6) is -1.07. The van der Waals surface area contributed by atoms with Crippen LogP contribution in [0.15, 0.2) is 0 Å². The Labute approximate surface area is 120 Å². The number of hydrogen-bond acceptors (Lipinski definition) is 4. The van der Waals surface area contributed by atoms with Gasteiger partial charge >= 0.3 is 5.97 Å². The van der Waals surface area contributed by atoms with Crippen LogP contribution in [0, 0.1) is 5.92 Å². The van der Waals surface area contributed by atoms with E-state index in [2.05, 4.69) is 10.2 Å². The molecule has 3 atom stereocenters. The predicted molar refractivity (Wildman–Crippen MR) is 75.4 cm³/mol. The van der Waals surface area contributed by atoms with Crippen LogP contribution in [0.5, 0.6) is 0 Å². The zero-order valence-electron chi connectivity index (χ0n) is 12.3. The van der Waals surface area contributed by atoms with Crippen molar-refractivity contribution in [3.8, 4) is 0 Å². The van der Waals surface area contributed by atoms with E-state index in [4.69, 9.17) is 5.11 Å². The first-order chi connectivity index (χ1) is 9.52. The summed E-state index contributed by atoms with van der Waals surface area (Å²) < 4.78 is 0. The number of piperazine rings is 1. The van der Waals surface area contributed by atoms with E-state index >= 15 is 0 Å². The van der Waals surface area contributed by atoms with E-state index < -0.39 is 11.9 Å². The predicted octanol–water partition coefficient (Wildman–Crippen LogP) is -0.00820. The molecule has 2 heterocycles. The molecule has 0 aromatic heterocycles. The Bertz CT molecular complexity index is 369. The molecule has 2 aliphatic heterocycles. The lowest BCUT2D eigenvalue weighted by atomic mass is 10.0. The SMILES string of the molecule is CC(C(=O)O)C(C)N1CCCC1C(=O)N1CCNCC1. The fourth-order valence-corrected chi connectivity index (χ4v) is 3.13. The first-order valence-corrected chi connectivity index (χ1v) is 7.50. The highest BCUT2D eigenvalue weighted by atomic mass is 16.4. The van der Waals surface area contributed by atoms with Gasteiger partial charge in [-0.3, -0.25) is 14.5 Å². The molecule has 0 aliphatic carbocycles. The molecule has 1 amide bonds. The number of amides is 1. The molecule has 114 valence electrons. The Hall–Kier alpha value is -1.14. The topological polar surface area (TPSA) is 72.9 Å². The van der Waals surface area contributed by atoms with Crippen molar-refractivity contribution in [3.05, 3.63) is 0 Å². The number of hydrogen-bond donors (Lipinski definition) is 2. The first-order valence-electron chi connectivity index (χ1n) is 7.50. The Morgan fingerprint density at radius 2 is 1.85 bits per heavy atom. The van der Waals surface area contributed by atoms with E-state index in [-0.39, 0.29) is 18.0 Å². The van der Waals surface area contributed by atoms with E-state index in [1.807, 2.05) is 11.8 Å². The van der Waals surface area contributed by atoms with Gasteiger partial charge in [-0.2, -0.15) is 0 Å². The minimum Gasteiger partial charge on any atom is -0.481 e.